The van der Waals surface area contributed by atoms with Crippen LogP contribution in [-0.4, -0.2) is 64.6 Å². The fourth-order valence-electron chi connectivity index (χ4n) is 4.25. The lowest BCUT2D eigenvalue weighted by Gasteiger charge is -2.49. The van der Waals surface area contributed by atoms with E-state index in [-0.39, 0.29) is 23.3 Å². The van der Waals surface area contributed by atoms with E-state index in [1.54, 1.807) is 18.7 Å². The van der Waals surface area contributed by atoms with Crippen molar-refractivity contribution < 1.29 is 14.1 Å². The molecule has 1 aromatic carbocycles. The maximum atomic E-state index is 12.5. The Morgan fingerprint density at radius 2 is 1.93 bits per heavy atom. The molecule has 1 aromatic heterocycles. The van der Waals surface area contributed by atoms with Crippen LogP contribution >= 0.6 is 0 Å². The van der Waals surface area contributed by atoms with Crippen LogP contribution in [0, 0.1) is 12.3 Å². The van der Waals surface area contributed by atoms with Gasteiger partial charge in [0.15, 0.2) is 5.82 Å². The topological polar surface area (TPSA) is 91.6 Å². The lowest BCUT2D eigenvalue weighted by atomic mass is 9.71. The molecule has 0 radical (unpaired) electrons. The molecule has 28 heavy (non-hydrogen) atoms. The van der Waals surface area contributed by atoms with E-state index in [1.807, 2.05) is 23.1 Å². The minimum Gasteiger partial charge on any atom is -0.341 e. The second-order valence-corrected chi connectivity index (χ2v) is 7.82. The van der Waals surface area contributed by atoms with Crippen molar-refractivity contribution in [3.05, 3.63) is 47.6 Å². The zero-order chi connectivity index (χ0) is 19.7. The van der Waals surface area contributed by atoms with Crippen LogP contribution in [0.1, 0.15) is 30.1 Å². The Hall–Kier alpha value is -2.90. The first kappa shape index (κ1) is 18.5. The third-order valence-electron chi connectivity index (χ3n) is 5.77. The van der Waals surface area contributed by atoms with Crippen molar-refractivity contribution in [2.45, 2.75) is 26.2 Å². The summed E-state index contributed by atoms with van der Waals surface area (Å²) in [6.45, 7) is 6.29. The summed E-state index contributed by atoms with van der Waals surface area (Å²) in [5, 5.41) is 6.88. The third-order valence-corrected chi connectivity index (χ3v) is 5.77. The highest BCUT2D eigenvalue weighted by Crippen LogP contribution is 2.48. The number of hydrogen-bond acceptors (Lipinski definition) is 5. The molecule has 2 saturated heterocycles. The lowest BCUT2D eigenvalue weighted by Crippen LogP contribution is -2.63. The molecule has 2 fully saturated rings. The highest BCUT2D eigenvalue weighted by atomic mass is 16.5. The summed E-state index contributed by atoms with van der Waals surface area (Å²) in [5.41, 5.74) is 0.990. The number of amides is 3. The predicted molar refractivity (Wildman–Crippen MR) is 102 cm³/mol. The van der Waals surface area contributed by atoms with Gasteiger partial charge in [0.1, 0.15) is 0 Å². The van der Waals surface area contributed by atoms with Crippen LogP contribution in [0.3, 0.4) is 0 Å². The van der Waals surface area contributed by atoms with Crippen LogP contribution in [0.25, 0.3) is 0 Å². The Kier molecular flexibility index (Phi) is 4.78. The Morgan fingerprint density at radius 1 is 1.21 bits per heavy atom. The minimum absolute atomic E-state index is 0.0314. The molecule has 8 nitrogen and oxygen atoms in total. The number of urea groups is 1. The summed E-state index contributed by atoms with van der Waals surface area (Å²) in [5.74, 6) is 1.14. The summed E-state index contributed by atoms with van der Waals surface area (Å²) in [6, 6.07) is 10.0. The van der Waals surface area contributed by atoms with Gasteiger partial charge in [-0.3, -0.25) is 4.79 Å². The first-order chi connectivity index (χ1) is 13.5. The van der Waals surface area contributed by atoms with Gasteiger partial charge in [-0.15, -0.1) is 0 Å². The number of aryl methyl sites for hydroxylation is 1. The van der Waals surface area contributed by atoms with Crippen molar-refractivity contribution in [3.8, 4) is 0 Å². The van der Waals surface area contributed by atoms with Gasteiger partial charge in [-0.1, -0.05) is 35.5 Å². The maximum absolute atomic E-state index is 12.5. The van der Waals surface area contributed by atoms with Gasteiger partial charge < -0.3 is 19.6 Å². The first-order valence-electron chi connectivity index (χ1n) is 9.59. The molecule has 1 unspecified atom stereocenters. The molecule has 2 aliphatic heterocycles. The van der Waals surface area contributed by atoms with Gasteiger partial charge >= 0.3 is 6.03 Å². The van der Waals surface area contributed by atoms with Gasteiger partial charge in [-0.05, 0) is 18.9 Å². The molecule has 2 aliphatic rings. The van der Waals surface area contributed by atoms with Gasteiger partial charge in [-0.2, -0.15) is 4.98 Å². The number of benzene rings is 1. The molecule has 0 saturated carbocycles. The van der Waals surface area contributed by atoms with Gasteiger partial charge in [-0.25, -0.2) is 4.79 Å². The molecule has 3 amide bonds. The van der Waals surface area contributed by atoms with Gasteiger partial charge in [0.25, 0.3) is 0 Å². The Balaban J connectivity index is 1.36. The van der Waals surface area contributed by atoms with E-state index in [0.717, 1.165) is 6.42 Å². The molecule has 1 atom stereocenters. The van der Waals surface area contributed by atoms with Crippen molar-refractivity contribution in [1.82, 2.24) is 25.3 Å². The number of likely N-dealkylation sites (tertiary alicyclic amines) is 2. The smallest absolute Gasteiger partial charge is 0.317 e. The number of hydrogen-bond donors (Lipinski definition) is 1. The largest absolute Gasteiger partial charge is 0.341 e. The van der Waals surface area contributed by atoms with Gasteiger partial charge in [0.05, 0.1) is 5.92 Å². The van der Waals surface area contributed by atoms with Crippen LogP contribution in [-0.2, 0) is 11.2 Å². The molecule has 2 aromatic rings. The zero-order valence-corrected chi connectivity index (χ0v) is 16.2. The van der Waals surface area contributed by atoms with Crippen LogP contribution in [0.5, 0.6) is 0 Å². The fourth-order valence-corrected chi connectivity index (χ4v) is 4.25. The van der Waals surface area contributed by atoms with Crippen molar-refractivity contribution in [2.24, 2.45) is 5.41 Å². The van der Waals surface area contributed by atoms with Crippen LogP contribution in [0.4, 0.5) is 4.79 Å². The van der Waals surface area contributed by atoms with Crippen LogP contribution in [0.2, 0.25) is 0 Å². The zero-order valence-electron chi connectivity index (χ0n) is 16.2. The highest BCUT2D eigenvalue weighted by Gasteiger charge is 2.58. The van der Waals surface area contributed by atoms with Crippen molar-refractivity contribution in [2.75, 3.05) is 32.7 Å². The van der Waals surface area contributed by atoms with Crippen molar-refractivity contribution in [3.63, 3.8) is 0 Å². The van der Waals surface area contributed by atoms with E-state index in [1.165, 1.54) is 5.56 Å². The standard InChI is InChI=1S/C20H25N5O3/c1-14-22-18(28-23-14)17-10-24(15(2)26)11-20(17)12-25(13-20)19(27)21-9-8-16-6-4-3-5-7-16/h3-7,17H,8-13H2,1-2H3,(H,21,27). The molecule has 1 spiro atoms. The molecule has 1 N–H and O–H groups in total. The summed E-state index contributed by atoms with van der Waals surface area (Å²) >= 11 is 0. The maximum Gasteiger partial charge on any atom is 0.317 e. The average molecular weight is 383 g/mol. The molecular formula is C20H25N5O3. The molecule has 0 aliphatic carbocycles. The normalized spacial score (nSPS) is 20.3. The SMILES string of the molecule is CC(=O)N1CC(c2nc(C)no2)C2(C1)CN(C(=O)NCCc1ccccc1)C2. The molecule has 8 heteroatoms. The van der Waals surface area contributed by atoms with E-state index in [0.29, 0.717) is 44.4 Å². The number of rotatable bonds is 4. The summed E-state index contributed by atoms with van der Waals surface area (Å²) in [7, 11) is 0. The summed E-state index contributed by atoms with van der Waals surface area (Å²) in [4.78, 5) is 32.4. The molecule has 0 bridgehead atoms. The summed E-state index contributed by atoms with van der Waals surface area (Å²) in [6.07, 6.45) is 0.799. The predicted octanol–water partition coefficient (Wildman–Crippen LogP) is 1.58. The van der Waals surface area contributed by atoms with Crippen LogP contribution < -0.4 is 5.32 Å². The number of nitrogens with one attached hydrogen (secondary N) is 1. The Labute approximate surface area is 163 Å². The molecule has 148 valence electrons. The number of aromatic nitrogens is 2. The van der Waals surface area contributed by atoms with Crippen molar-refractivity contribution in [1.29, 1.82) is 0 Å². The molecule has 4 rings (SSSR count). The third kappa shape index (κ3) is 3.46. The second kappa shape index (κ2) is 7.26. The number of carbonyl (C=O) groups excluding carboxylic acids is 2. The van der Waals surface area contributed by atoms with Crippen molar-refractivity contribution >= 4 is 11.9 Å². The number of nitrogens with zero attached hydrogens (tertiary/aromatic N) is 4. The first-order valence-corrected chi connectivity index (χ1v) is 9.59. The van der Waals surface area contributed by atoms with E-state index in [4.69, 9.17) is 4.52 Å². The van der Waals surface area contributed by atoms with E-state index < -0.39 is 0 Å². The fraction of sp³-hybridized carbons (Fsp3) is 0.500. The Bertz CT molecular complexity index is 860. The van der Waals surface area contributed by atoms with Crippen LogP contribution in [0.15, 0.2) is 34.9 Å². The quantitative estimate of drug-likeness (QED) is 0.865. The van der Waals surface area contributed by atoms with E-state index >= 15 is 0 Å². The summed E-state index contributed by atoms with van der Waals surface area (Å²) < 4.78 is 5.40. The monoisotopic (exact) mass is 383 g/mol. The lowest BCUT2D eigenvalue weighted by molar-refractivity contribution is -0.128. The molecular weight excluding hydrogens is 358 g/mol. The number of carbonyl (C=O) groups is 2. The molecule has 3 heterocycles. The minimum atomic E-state index is -0.207. The van der Waals surface area contributed by atoms with E-state index in [2.05, 4.69) is 27.6 Å². The van der Waals surface area contributed by atoms with Gasteiger partial charge in [0.2, 0.25) is 11.8 Å². The highest BCUT2D eigenvalue weighted by molar-refractivity contribution is 5.76. The van der Waals surface area contributed by atoms with Gasteiger partial charge in [0, 0.05) is 45.1 Å². The second-order valence-electron chi connectivity index (χ2n) is 7.82. The van der Waals surface area contributed by atoms with E-state index in [9.17, 15) is 9.59 Å². The average Bonchev–Trinajstić information content (AvgIpc) is 3.25. The Morgan fingerprint density at radius 3 is 2.57 bits per heavy atom.